The van der Waals surface area contributed by atoms with Crippen LogP contribution in [0.4, 0.5) is 0 Å². The predicted molar refractivity (Wildman–Crippen MR) is 60.5 cm³/mol. The molecule has 0 aliphatic heterocycles. The van der Waals surface area contributed by atoms with E-state index in [0.29, 0.717) is 17.4 Å². The highest BCUT2D eigenvalue weighted by Crippen LogP contribution is 2.47. The minimum atomic E-state index is 0.384. The normalized spacial score (nSPS) is 31.6. The summed E-state index contributed by atoms with van der Waals surface area (Å²) < 4.78 is 4.19. The summed E-state index contributed by atoms with van der Waals surface area (Å²) in [5.41, 5.74) is 6.43. The highest BCUT2D eigenvalue weighted by atomic mass is 32.1. The van der Waals surface area contributed by atoms with Gasteiger partial charge in [-0.2, -0.15) is 0 Å². The average molecular weight is 210 g/mol. The molecule has 0 amide bonds. The number of rotatable bonds is 1. The zero-order valence-electron chi connectivity index (χ0n) is 8.86. The Kier molecular flexibility index (Phi) is 2.62. The Balaban J connectivity index is 2.22. The Morgan fingerprint density at radius 2 is 2.36 bits per heavy atom. The summed E-state index contributed by atoms with van der Waals surface area (Å²) >= 11 is 1.63. The monoisotopic (exact) mass is 210 g/mol. The van der Waals surface area contributed by atoms with E-state index in [4.69, 9.17) is 5.73 Å². The second kappa shape index (κ2) is 3.63. The van der Waals surface area contributed by atoms with Crippen molar-refractivity contribution in [2.45, 2.75) is 45.1 Å². The molecule has 1 aliphatic rings. The van der Waals surface area contributed by atoms with Gasteiger partial charge in [-0.25, -0.2) is 4.37 Å². The van der Waals surface area contributed by atoms with Crippen molar-refractivity contribution in [3.05, 3.63) is 17.1 Å². The molecule has 0 radical (unpaired) electrons. The van der Waals surface area contributed by atoms with E-state index < -0.39 is 0 Å². The first kappa shape index (κ1) is 10.1. The van der Waals surface area contributed by atoms with Crippen LogP contribution in [-0.2, 0) is 0 Å². The molecule has 1 fully saturated rings. The number of aromatic nitrogens is 1. The zero-order valence-corrected chi connectivity index (χ0v) is 9.68. The van der Waals surface area contributed by atoms with Gasteiger partial charge in [0, 0.05) is 23.0 Å². The predicted octanol–water partition coefficient (Wildman–Crippen LogP) is 2.76. The van der Waals surface area contributed by atoms with E-state index in [-0.39, 0.29) is 0 Å². The molecule has 14 heavy (non-hydrogen) atoms. The molecule has 2 atom stereocenters. The molecule has 78 valence electrons. The first-order chi connectivity index (χ1) is 6.59. The van der Waals surface area contributed by atoms with E-state index >= 15 is 0 Å². The Morgan fingerprint density at radius 1 is 1.57 bits per heavy atom. The molecule has 0 spiro atoms. The second-order valence-electron chi connectivity index (χ2n) is 4.99. The van der Waals surface area contributed by atoms with Crippen molar-refractivity contribution in [1.82, 2.24) is 4.37 Å². The third-order valence-corrected chi connectivity index (χ3v) is 4.30. The van der Waals surface area contributed by atoms with Gasteiger partial charge in [-0.05, 0) is 42.3 Å². The van der Waals surface area contributed by atoms with Crippen LogP contribution in [0.25, 0.3) is 0 Å². The highest BCUT2D eigenvalue weighted by molar-refractivity contribution is 7.05. The molecular weight excluding hydrogens is 192 g/mol. The summed E-state index contributed by atoms with van der Waals surface area (Å²) in [4.78, 5) is 1.41. The number of nitrogens with two attached hydrogens (primary N) is 1. The van der Waals surface area contributed by atoms with E-state index in [2.05, 4.69) is 24.3 Å². The lowest BCUT2D eigenvalue weighted by Crippen LogP contribution is -2.36. The van der Waals surface area contributed by atoms with Crippen LogP contribution in [0.1, 0.15) is 43.9 Å². The van der Waals surface area contributed by atoms with Gasteiger partial charge in [0.05, 0.1) is 0 Å². The van der Waals surface area contributed by atoms with Crippen LogP contribution >= 0.6 is 11.5 Å². The van der Waals surface area contributed by atoms with E-state index in [1.54, 1.807) is 11.5 Å². The molecule has 1 aromatic heterocycles. The Morgan fingerprint density at radius 3 is 3.00 bits per heavy atom. The summed E-state index contributed by atoms with van der Waals surface area (Å²) in [6, 6.07) is 2.53. The third-order valence-electron chi connectivity index (χ3n) is 3.44. The quantitative estimate of drug-likeness (QED) is 0.774. The van der Waals surface area contributed by atoms with Crippen LogP contribution in [0.15, 0.2) is 12.3 Å². The van der Waals surface area contributed by atoms with Crippen molar-refractivity contribution in [1.29, 1.82) is 0 Å². The molecule has 1 saturated carbocycles. The van der Waals surface area contributed by atoms with Gasteiger partial charge in [0.25, 0.3) is 0 Å². The molecule has 2 nitrogen and oxygen atoms in total. The smallest absolute Gasteiger partial charge is 0.0409 e. The highest BCUT2D eigenvalue weighted by Gasteiger charge is 2.36. The first-order valence-electron chi connectivity index (χ1n) is 5.26. The van der Waals surface area contributed by atoms with Crippen molar-refractivity contribution in [3.8, 4) is 0 Å². The van der Waals surface area contributed by atoms with Gasteiger partial charge in [0.15, 0.2) is 0 Å². The Labute approximate surface area is 89.7 Å². The van der Waals surface area contributed by atoms with Crippen molar-refractivity contribution in [3.63, 3.8) is 0 Å². The molecular formula is C11H18N2S. The number of hydrogen-bond donors (Lipinski definition) is 1. The number of nitrogens with zero attached hydrogens (tertiary/aromatic N) is 1. The fourth-order valence-corrected chi connectivity index (χ4v) is 3.29. The zero-order chi connectivity index (χ0) is 10.2. The maximum atomic E-state index is 6.04. The van der Waals surface area contributed by atoms with Crippen molar-refractivity contribution < 1.29 is 0 Å². The van der Waals surface area contributed by atoms with Crippen LogP contribution in [0, 0.1) is 5.41 Å². The first-order valence-corrected chi connectivity index (χ1v) is 6.03. The van der Waals surface area contributed by atoms with Crippen LogP contribution in [0.5, 0.6) is 0 Å². The standard InChI is InChI=1S/C11H18N2S/c1-11(2)5-3-8(12)7-9(11)10-4-6-13-14-10/h4,6,8-9H,3,5,7,12H2,1-2H3. The molecule has 0 aromatic carbocycles. The maximum absolute atomic E-state index is 6.04. The van der Waals surface area contributed by atoms with Crippen LogP contribution < -0.4 is 5.73 Å². The fourth-order valence-electron chi connectivity index (χ4n) is 2.38. The van der Waals surface area contributed by atoms with Gasteiger partial charge in [-0.3, -0.25) is 0 Å². The van der Waals surface area contributed by atoms with Gasteiger partial charge >= 0.3 is 0 Å². The summed E-state index contributed by atoms with van der Waals surface area (Å²) in [7, 11) is 0. The van der Waals surface area contributed by atoms with Crippen molar-refractivity contribution in [2.24, 2.45) is 11.1 Å². The second-order valence-corrected chi connectivity index (χ2v) is 5.86. The van der Waals surface area contributed by atoms with Gasteiger partial charge in [0.1, 0.15) is 0 Å². The minimum absolute atomic E-state index is 0.384. The molecule has 1 heterocycles. The largest absolute Gasteiger partial charge is 0.328 e. The average Bonchev–Trinajstić information content (AvgIpc) is 2.62. The molecule has 2 rings (SSSR count). The van der Waals surface area contributed by atoms with Gasteiger partial charge in [-0.15, -0.1) is 0 Å². The lowest BCUT2D eigenvalue weighted by Gasteiger charge is -2.40. The van der Waals surface area contributed by atoms with E-state index in [1.165, 1.54) is 17.7 Å². The topological polar surface area (TPSA) is 38.9 Å². The van der Waals surface area contributed by atoms with E-state index in [9.17, 15) is 0 Å². The van der Waals surface area contributed by atoms with Crippen LogP contribution in [-0.4, -0.2) is 10.4 Å². The summed E-state index contributed by atoms with van der Waals surface area (Å²) in [6.07, 6.45) is 5.42. The molecule has 3 heteroatoms. The molecule has 2 unspecified atom stereocenters. The summed E-state index contributed by atoms with van der Waals surface area (Å²) in [6.45, 7) is 4.70. The van der Waals surface area contributed by atoms with E-state index in [0.717, 1.165) is 6.42 Å². The lowest BCUT2D eigenvalue weighted by atomic mass is 9.67. The maximum Gasteiger partial charge on any atom is 0.0409 e. The minimum Gasteiger partial charge on any atom is -0.328 e. The van der Waals surface area contributed by atoms with Gasteiger partial charge in [-0.1, -0.05) is 13.8 Å². The molecule has 0 bridgehead atoms. The molecule has 1 aliphatic carbocycles. The van der Waals surface area contributed by atoms with E-state index in [1.807, 2.05) is 6.20 Å². The van der Waals surface area contributed by atoms with Crippen LogP contribution in [0.2, 0.25) is 0 Å². The fraction of sp³-hybridized carbons (Fsp3) is 0.727. The van der Waals surface area contributed by atoms with Crippen LogP contribution in [0.3, 0.4) is 0 Å². The van der Waals surface area contributed by atoms with Gasteiger partial charge in [0.2, 0.25) is 0 Å². The molecule has 1 aromatic rings. The van der Waals surface area contributed by atoms with Crippen molar-refractivity contribution >= 4 is 11.5 Å². The Bertz CT molecular complexity index is 292. The Hall–Kier alpha value is -0.410. The van der Waals surface area contributed by atoms with Crippen molar-refractivity contribution in [2.75, 3.05) is 0 Å². The summed E-state index contributed by atoms with van der Waals surface area (Å²) in [5, 5.41) is 0. The summed E-state index contributed by atoms with van der Waals surface area (Å²) in [5.74, 6) is 0.610. The molecule has 0 saturated heterocycles. The van der Waals surface area contributed by atoms with Gasteiger partial charge < -0.3 is 5.73 Å². The lowest BCUT2D eigenvalue weighted by molar-refractivity contribution is 0.185. The SMILES string of the molecule is CC1(C)CCC(N)CC1c1ccns1. The third kappa shape index (κ3) is 1.84. The number of hydrogen-bond acceptors (Lipinski definition) is 3. The molecule has 2 N–H and O–H groups in total.